The fourth-order valence-corrected chi connectivity index (χ4v) is 2.80. The second-order valence-electron chi connectivity index (χ2n) is 4.84. The molecule has 2 rings (SSSR count). The molecular weight excluding hydrogens is 284 g/mol. The zero-order valence-corrected chi connectivity index (χ0v) is 12.9. The van der Waals surface area contributed by atoms with E-state index in [9.17, 15) is 9.59 Å². The Morgan fingerprint density at radius 1 is 1.24 bits per heavy atom. The van der Waals surface area contributed by atoms with Crippen molar-refractivity contribution in [3.05, 3.63) is 64.1 Å². The lowest BCUT2D eigenvalue weighted by atomic mass is 10.2. The van der Waals surface area contributed by atoms with Gasteiger partial charge in [-0.2, -0.15) is 0 Å². The largest absolute Gasteiger partial charge is 0.351 e. The summed E-state index contributed by atoms with van der Waals surface area (Å²) in [6.07, 6.45) is 0. The monoisotopic (exact) mass is 302 g/mol. The van der Waals surface area contributed by atoms with E-state index in [0.29, 0.717) is 6.54 Å². The number of aryl methyl sites for hydroxylation is 1. The first-order valence-electron chi connectivity index (χ1n) is 6.76. The molecule has 1 aromatic carbocycles. The van der Waals surface area contributed by atoms with Crippen molar-refractivity contribution < 1.29 is 4.79 Å². The van der Waals surface area contributed by atoms with Crippen LogP contribution in [0.15, 0.2) is 52.2 Å². The molecule has 0 saturated carbocycles. The molecule has 0 saturated heterocycles. The van der Waals surface area contributed by atoms with Crippen molar-refractivity contribution in [2.75, 3.05) is 6.54 Å². The van der Waals surface area contributed by atoms with Crippen LogP contribution in [0.3, 0.4) is 0 Å². The summed E-state index contributed by atoms with van der Waals surface area (Å²) in [5.41, 5.74) is 0.540. The number of hydrogen-bond donors (Lipinski definition) is 2. The van der Waals surface area contributed by atoms with E-state index in [1.165, 1.54) is 0 Å². The fourth-order valence-electron chi connectivity index (χ4n) is 1.86. The first kappa shape index (κ1) is 15.4. The van der Waals surface area contributed by atoms with E-state index >= 15 is 0 Å². The Morgan fingerprint density at radius 2 is 1.95 bits per heavy atom. The van der Waals surface area contributed by atoms with E-state index in [4.69, 9.17) is 0 Å². The van der Waals surface area contributed by atoms with Gasteiger partial charge in [0.05, 0.1) is 0 Å². The molecule has 0 radical (unpaired) electrons. The van der Waals surface area contributed by atoms with Gasteiger partial charge >= 0.3 is 0 Å². The highest BCUT2D eigenvalue weighted by molar-refractivity contribution is 8.00. The topological polar surface area (TPSA) is 62.0 Å². The van der Waals surface area contributed by atoms with E-state index in [1.54, 1.807) is 30.8 Å². The van der Waals surface area contributed by atoms with Crippen LogP contribution in [0.25, 0.3) is 0 Å². The normalized spacial score (nSPS) is 11.9. The fraction of sp³-hybridized carbons (Fsp3) is 0.250. The highest BCUT2D eigenvalue weighted by Gasteiger charge is 2.12. The lowest BCUT2D eigenvalue weighted by Gasteiger charge is -2.12. The molecule has 0 spiro atoms. The molecule has 1 aromatic heterocycles. The Kier molecular flexibility index (Phi) is 5.22. The molecule has 1 atom stereocenters. The average Bonchev–Trinajstić information content (AvgIpc) is 2.46. The third-order valence-electron chi connectivity index (χ3n) is 2.93. The quantitative estimate of drug-likeness (QED) is 0.835. The Balaban J connectivity index is 1.90. The van der Waals surface area contributed by atoms with Gasteiger partial charge in [-0.25, -0.2) is 0 Å². The van der Waals surface area contributed by atoms with Gasteiger partial charge in [-0.1, -0.05) is 25.1 Å². The summed E-state index contributed by atoms with van der Waals surface area (Å²) in [6.45, 7) is 4.32. The van der Waals surface area contributed by atoms with Gasteiger partial charge in [0.25, 0.3) is 11.5 Å². The van der Waals surface area contributed by atoms with Crippen molar-refractivity contribution in [1.82, 2.24) is 10.3 Å². The summed E-state index contributed by atoms with van der Waals surface area (Å²) in [4.78, 5) is 27.5. The van der Waals surface area contributed by atoms with E-state index < -0.39 is 0 Å². The van der Waals surface area contributed by atoms with Crippen LogP contribution in [0.4, 0.5) is 0 Å². The molecule has 1 unspecified atom stereocenters. The number of benzene rings is 1. The van der Waals surface area contributed by atoms with Crippen molar-refractivity contribution >= 4 is 17.7 Å². The molecule has 0 bridgehead atoms. The molecule has 2 aromatic rings. The van der Waals surface area contributed by atoms with Crippen LogP contribution in [-0.2, 0) is 0 Å². The van der Waals surface area contributed by atoms with Crippen LogP contribution >= 0.6 is 11.8 Å². The maximum atomic E-state index is 12.0. The minimum atomic E-state index is -0.351. The third kappa shape index (κ3) is 4.49. The number of aromatic amines is 1. The second kappa shape index (κ2) is 7.13. The van der Waals surface area contributed by atoms with Crippen LogP contribution in [0.2, 0.25) is 0 Å². The Bertz CT molecular complexity index is 667. The van der Waals surface area contributed by atoms with E-state index in [0.717, 1.165) is 10.6 Å². The molecule has 21 heavy (non-hydrogen) atoms. The molecule has 0 fully saturated rings. The van der Waals surface area contributed by atoms with Gasteiger partial charge in [0.2, 0.25) is 0 Å². The van der Waals surface area contributed by atoms with Crippen LogP contribution in [0.5, 0.6) is 0 Å². The molecule has 1 heterocycles. The van der Waals surface area contributed by atoms with Gasteiger partial charge in [-0.3, -0.25) is 9.59 Å². The number of aromatic nitrogens is 1. The summed E-state index contributed by atoms with van der Waals surface area (Å²) in [5, 5.41) is 3.02. The molecule has 0 aliphatic rings. The molecule has 110 valence electrons. The van der Waals surface area contributed by atoms with Gasteiger partial charge in [-0.05, 0) is 31.2 Å². The maximum Gasteiger partial charge on any atom is 0.260 e. The van der Waals surface area contributed by atoms with E-state index in [-0.39, 0.29) is 22.3 Å². The molecule has 0 aliphatic heterocycles. The highest BCUT2D eigenvalue weighted by Crippen LogP contribution is 2.21. The zero-order valence-electron chi connectivity index (χ0n) is 12.1. The van der Waals surface area contributed by atoms with Crippen molar-refractivity contribution in [1.29, 1.82) is 0 Å². The van der Waals surface area contributed by atoms with Gasteiger partial charge < -0.3 is 10.3 Å². The summed E-state index contributed by atoms with van der Waals surface area (Å²) < 4.78 is 0. The Hall–Kier alpha value is -2.01. The zero-order chi connectivity index (χ0) is 15.2. The molecule has 4 nitrogen and oxygen atoms in total. The summed E-state index contributed by atoms with van der Waals surface area (Å²) in [5.74, 6) is -0.336. The summed E-state index contributed by atoms with van der Waals surface area (Å²) in [7, 11) is 0. The number of pyridine rings is 1. The number of thioether (sulfide) groups is 1. The molecule has 0 aliphatic carbocycles. The lowest BCUT2D eigenvalue weighted by Crippen LogP contribution is -2.33. The van der Waals surface area contributed by atoms with Gasteiger partial charge in [0.15, 0.2) is 0 Å². The standard InChI is InChI=1S/C16H18N2O2S/c1-11-8-9-14(16(20)18-11)15(19)17-10-12(2)21-13-6-4-3-5-7-13/h3-9,12H,10H2,1-2H3,(H,17,19)(H,18,20). The Labute approximate surface area is 128 Å². The van der Waals surface area contributed by atoms with Crippen molar-refractivity contribution in [3.63, 3.8) is 0 Å². The summed E-state index contributed by atoms with van der Waals surface area (Å²) >= 11 is 1.69. The molecule has 1 amide bonds. The minimum absolute atomic E-state index is 0.150. The number of carbonyl (C=O) groups is 1. The van der Waals surface area contributed by atoms with Crippen LogP contribution < -0.4 is 10.9 Å². The molecular formula is C16H18N2O2S. The second-order valence-corrected chi connectivity index (χ2v) is 6.35. The maximum absolute atomic E-state index is 12.0. The number of amides is 1. The highest BCUT2D eigenvalue weighted by atomic mass is 32.2. The number of H-pyrrole nitrogens is 1. The Morgan fingerprint density at radius 3 is 2.62 bits per heavy atom. The lowest BCUT2D eigenvalue weighted by molar-refractivity contribution is 0.0952. The number of nitrogens with one attached hydrogen (secondary N) is 2. The number of hydrogen-bond acceptors (Lipinski definition) is 3. The van der Waals surface area contributed by atoms with Gasteiger partial charge in [0.1, 0.15) is 5.56 Å². The summed E-state index contributed by atoms with van der Waals surface area (Å²) in [6, 6.07) is 13.3. The minimum Gasteiger partial charge on any atom is -0.351 e. The SMILES string of the molecule is Cc1ccc(C(=O)NCC(C)Sc2ccccc2)c(=O)[nH]1. The average molecular weight is 302 g/mol. The molecule has 5 heteroatoms. The van der Waals surface area contributed by atoms with Crippen LogP contribution in [0.1, 0.15) is 23.0 Å². The van der Waals surface area contributed by atoms with Gasteiger partial charge in [0, 0.05) is 22.4 Å². The smallest absolute Gasteiger partial charge is 0.260 e. The number of carbonyl (C=O) groups excluding carboxylic acids is 1. The van der Waals surface area contributed by atoms with Crippen molar-refractivity contribution in [3.8, 4) is 0 Å². The van der Waals surface area contributed by atoms with Gasteiger partial charge in [-0.15, -0.1) is 11.8 Å². The predicted molar refractivity (Wildman–Crippen MR) is 85.9 cm³/mol. The van der Waals surface area contributed by atoms with Crippen LogP contribution in [0, 0.1) is 6.92 Å². The first-order chi connectivity index (χ1) is 10.1. The van der Waals surface area contributed by atoms with E-state index in [2.05, 4.69) is 10.3 Å². The third-order valence-corrected chi connectivity index (χ3v) is 4.04. The first-order valence-corrected chi connectivity index (χ1v) is 7.64. The number of rotatable bonds is 5. The predicted octanol–water partition coefficient (Wildman–Crippen LogP) is 2.59. The van der Waals surface area contributed by atoms with Crippen molar-refractivity contribution in [2.45, 2.75) is 24.0 Å². The van der Waals surface area contributed by atoms with Crippen LogP contribution in [-0.4, -0.2) is 22.7 Å². The van der Waals surface area contributed by atoms with Crippen molar-refractivity contribution in [2.24, 2.45) is 0 Å². The molecule has 2 N–H and O–H groups in total. The van der Waals surface area contributed by atoms with E-state index in [1.807, 2.05) is 37.3 Å².